The highest BCUT2D eigenvalue weighted by Crippen LogP contribution is 2.49. The van der Waals surface area contributed by atoms with E-state index >= 15 is 0 Å². The number of fused-ring (bicyclic) bond motifs is 3. The van der Waals surface area contributed by atoms with E-state index in [1.807, 2.05) is 53.5 Å². The first-order chi connectivity index (χ1) is 16.7. The molecule has 178 valence electrons. The van der Waals surface area contributed by atoms with Gasteiger partial charge in [-0.05, 0) is 55.0 Å². The number of nitrogens with zero attached hydrogens (tertiary/aromatic N) is 2. The first-order valence-electron chi connectivity index (χ1n) is 11.8. The van der Waals surface area contributed by atoms with Crippen LogP contribution in [0.25, 0.3) is 0 Å². The van der Waals surface area contributed by atoms with Crippen LogP contribution >= 0.6 is 11.6 Å². The van der Waals surface area contributed by atoms with Crippen LogP contribution in [-0.4, -0.2) is 24.4 Å². The Morgan fingerprint density at radius 3 is 2.79 bits per heavy atom. The Kier molecular flexibility index (Phi) is 6.68. The van der Waals surface area contributed by atoms with Crippen molar-refractivity contribution in [2.45, 2.75) is 51.3 Å². The van der Waals surface area contributed by atoms with Crippen LogP contribution in [0, 0.1) is 0 Å². The van der Waals surface area contributed by atoms with E-state index in [1.165, 1.54) is 19.3 Å². The van der Waals surface area contributed by atoms with Crippen LogP contribution in [0.5, 0.6) is 17.2 Å². The van der Waals surface area contributed by atoms with E-state index in [9.17, 15) is 0 Å². The number of unbranched alkanes of at least 4 members (excludes halogenated alkanes) is 3. The molecule has 0 unspecified atom stereocenters. The summed E-state index contributed by atoms with van der Waals surface area (Å²) in [6.45, 7) is 2.88. The molecule has 0 spiro atoms. The van der Waals surface area contributed by atoms with E-state index in [4.69, 9.17) is 35.3 Å². The molecule has 0 bridgehead atoms. The molecule has 7 heteroatoms. The van der Waals surface area contributed by atoms with E-state index in [1.54, 1.807) is 13.4 Å². The van der Waals surface area contributed by atoms with E-state index in [-0.39, 0.29) is 6.04 Å². The van der Waals surface area contributed by atoms with Gasteiger partial charge in [0.2, 0.25) is 6.23 Å². The summed E-state index contributed by atoms with van der Waals surface area (Å²) in [5, 5.41) is 7.58. The van der Waals surface area contributed by atoms with Crippen molar-refractivity contribution in [3.8, 4) is 17.2 Å². The van der Waals surface area contributed by atoms with Crippen molar-refractivity contribution in [3.05, 3.63) is 76.7 Å². The summed E-state index contributed by atoms with van der Waals surface area (Å²) in [5.74, 6) is 3.00. The van der Waals surface area contributed by atoms with Crippen molar-refractivity contribution in [1.82, 2.24) is 5.01 Å². The number of hydrogen-bond donors (Lipinski definition) is 0. The van der Waals surface area contributed by atoms with Crippen molar-refractivity contribution >= 4 is 17.3 Å². The maximum absolute atomic E-state index is 6.45. The lowest BCUT2D eigenvalue weighted by molar-refractivity contribution is -0.0191. The minimum absolute atomic E-state index is 0.00645. The fourth-order valence-electron chi connectivity index (χ4n) is 4.54. The minimum Gasteiger partial charge on any atom is -0.493 e. The van der Waals surface area contributed by atoms with Gasteiger partial charge in [-0.15, -0.1) is 0 Å². The average molecular weight is 481 g/mol. The maximum atomic E-state index is 6.45. The van der Waals surface area contributed by atoms with Crippen LogP contribution < -0.4 is 14.2 Å². The average Bonchev–Trinajstić information content (AvgIpc) is 3.54. The summed E-state index contributed by atoms with van der Waals surface area (Å²) in [6, 6.07) is 15.5. The first kappa shape index (κ1) is 22.7. The van der Waals surface area contributed by atoms with Gasteiger partial charge in [0, 0.05) is 22.6 Å². The normalized spacial score (nSPS) is 18.7. The van der Waals surface area contributed by atoms with Gasteiger partial charge in [-0.2, -0.15) is 5.10 Å². The van der Waals surface area contributed by atoms with Crippen LogP contribution in [0.2, 0.25) is 5.02 Å². The third-order valence-electron chi connectivity index (χ3n) is 6.29. The van der Waals surface area contributed by atoms with Gasteiger partial charge in [-0.25, -0.2) is 5.01 Å². The third kappa shape index (κ3) is 4.47. The molecule has 2 aliphatic heterocycles. The molecule has 3 aromatic rings. The van der Waals surface area contributed by atoms with Crippen molar-refractivity contribution in [2.75, 3.05) is 13.7 Å². The van der Waals surface area contributed by atoms with Crippen LogP contribution in [-0.2, 0) is 0 Å². The van der Waals surface area contributed by atoms with Gasteiger partial charge < -0.3 is 18.6 Å². The summed E-state index contributed by atoms with van der Waals surface area (Å²) in [6.07, 6.45) is 6.58. The van der Waals surface area contributed by atoms with Gasteiger partial charge in [0.15, 0.2) is 11.5 Å². The summed E-state index contributed by atoms with van der Waals surface area (Å²) in [7, 11) is 1.66. The lowest BCUT2D eigenvalue weighted by Gasteiger charge is -2.38. The Bertz CT molecular complexity index is 1160. The molecule has 6 nitrogen and oxygen atoms in total. The zero-order valence-electron chi connectivity index (χ0n) is 19.5. The zero-order chi connectivity index (χ0) is 23.5. The molecule has 3 heterocycles. The van der Waals surface area contributed by atoms with Crippen molar-refractivity contribution in [2.24, 2.45) is 5.10 Å². The SMILES string of the molecule is CCCCCCOc1ccc([C@@H]2Oc3ccc(Cl)cc3[C@@H]3CC(c4ccco4)=NN32)cc1OC. The molecule has 0 amide bonds. The number of hydrazone groups is 1. The number of halogens is 1. The Hall–Kier alpha value is -3.12. The molecule has 34 heavy (non-hydrogen) atoms. The Balaban J connectivity index is 1.44. The van der Waals surface area contributed by atoms with Crippen molar-refractivity contribution < 1.29 is 18.6 Å². The largest absolute Gasteiger partial charge is 0.493 e. The fraction of sp³-hybridized carbons (Fsp3) is 0.370. The molecule has 1 aromatic heterocycles. The third-order valence-corrected chi connectivity index (χ3v) is 6.52. The molecule has 2 atom stereocenters. The van der Waals surface area contributed by atoms with Gasteiger partial charge in [0.25, 0.3) is 0 Å². The second kappa shape index (κ2) is 10.0. The minimum atomic E-state index is -0.418. The Labute approximate surface area is 205 Å². The van der Waals surface area contributed by atoms with E-state index < -0.39 is 6.23 Å². The molecule has 5 rings (SSSR count). The predicted octanol–water partition coefficient (Wildman–Crippen LogP) is 7.14. The van der Waals surface area contributed by atoms with Crippen LogP contribution in [0.3, 0.4) is 0 Å². The quantitative estimate of drug-likeness (QED) is 0.304. The van der Waals surface area contributed by atoms with E-state index in [2.05, 4.69) is 6.92 Å². The molecule has 2 aromatic carbocycles. The van der Waals surface area contributed by atoms with Crippen LogP contribution in [0.4, 0.5) is 0 Å². The van der Waals surface area contributed by atoms with Crippen molar-refractivity contribution in [3.63, 3.8) is 0 Å². The lowest BCUT2D eigenvalue weighted by Crippen LogP contribution is -2.33. The predicted molar refractivity (Wildman–Crippen MR) is 132 cm³/mol. The smallest absolute Gasteiger partial charge is 0.214 e. The number of furan rings is 1. The number of hydrogen-bond acceptors (Lipinski definition) is 6. The molecule has 0 saturated carbocycles. The highest BCUT2D eigenvalue weighted by Gasteiger charge is 2.41. The fourth-order valence-corrected chi connectivity index (χ4v) is 4.72. The summed E-state index contributed by atoms with van der Waals surface area (Å²) in [4.78, 5) is 0. The van der Waals surface area contributed by atoms with Gasteiger partial charge in [0.1, 0.15) is 17.2 Å². The molecule has 0 radical (unpaired) electrons. The second-order valence-electron chi connectivity index (χ2n) is 8.60. The lowest BCUT2D eigenvalue weighted by atomic mass is 9.97. The van der Waals surface area contributed by atoms with E-state index in [0.29, 0.717) is 23.8 Å². The Morgan fingerprint density at radius 2 is 2.00 bits per heavy atom. The molecule has 2 aliphatic rings. The van der Waals surface area contributed by atoms with E-state index in [0.717, 1.165) is 40.5 Å². The standard InChI is InChI=1S/C27H29ClN2O4/c1-3-4-5-6-13-33-25-11-9-18(15-26(25)31-2)27-30-22(17-21(29-30)24-8-7-14-32-24)20-16-19(28)10-12-23(20)34-27/h7-12,14-16,22,27H,3-6,13,17H2,1-2H3/t22-,27-/m0/s1. The number of ether oxygens (including phenoxy) is 3. The number of methoxy groups -OCH3 is 1. The number of rotatable bonds is 9. The van der Waals surface area contributed by atoms with Crippen LogP contribution in [0.1, 0.15) is 68.2 Å². The summed E-state index contributed by atoms with van der Waals surface area (Å²) < 4.78 is 23.7. The highest BCUT2D eigenvalue weighted by molar-refractivity contribution is 6.30. The maximum Gasteiger partial charge on any atom is 0.214 e. The molecule has 0 aliphatic carbocycles. The summed E-state index contributed by atoms with van der Waals surface area (Å²) in [5.41, 5.74) is 2.84. The summed E-state index contributed by atoms with van der Waals surface area (Å²) >= 11 is 6.32. The second-order valence-corrected chi connectivity index (χ2v) is 9.03. The highest BCUT2D eigenvalue weighted by atomic mass is 35.5. The van der Waals surface area contributed by atoms with Crippen molar-refractivity contribution in [1.29, 1.82) is 0 Å². The monoisotopic (exact) mass is 480 g/mol. The topological polar surface area (TPSA) is 56.4 Å². The molecule has 0 saturated heterocycles. The zero-order valence-corrected chi connectivity index (χ0v) is 20.3. The van der Waals surface area contributed by atoms with Crippen LogP contribution in [0.15, 0.2) is 64.3 Å². The molecular formula is C27H29ClN2O4. The molecular weight excluding hydrogens is 452 g/mol. The molecule has 0 N–H and O–H groups in total. The van der Waals surface area contributed by atoms with Gasteiger partial charge in [-0.3, -0.25) is 0 Å². The number of benzene rings is 2. The van der Waals surface area contributed by atoms with Gasteiger partial charge in [-0.1, -0.05) is 37.8 Å². The Morgan fingerprint density at radius 1 is 1.09 bits per heavy atom. The van der Waals surface area contributed by atoms with Gasteiger partial charge in [0.05, 0.1) is 26.0 Å². The molecule has 0 fully saturated rings. The van der Waals surface area contributed by atoms with Gasteiger partial charge >= 0.3 is 0 Å². The first-order valence-corrected chi connectivity index (χ1v) is 12.2.